The zero-order valence-electron chi connectivity index (χ0n) is 19.0. The molecule has 1 heterocycles. The van der Waals surface area contributed by atoms with E-state index in [9.17, 15) is 24.2 Å². The van der Waals surface area contributed by atoms with Gasteiger partial charge >= 0.3 is 0 Å². The van der Waals surface area contributed by atoms with Gasteiger partial charge in [-0.05, 0) is 91.7 Å². The molecule has 0 spiro atoms. The zero-order valence-corrected chi connectivity index (χ0v) is 19.0. The Hall–Kier alpha value is -2.73. The normalized spacial score (nSPS) is 32.8. The average Bonchev–Trinajstić information content (AvgIpc) is 2.96. The number of hydrogen-bond donors (Lipinski definition) is 3. The Morgan fingerprint density at radius 1 is 1.06 bits per heavy atom. The Bertz CT molecular complexity index is 1130. The van der Waals surface area contributed by atoms with Gasteiger partial charge in [0, 0.05) is 22.4 Å². The molecule has 3 N–H and O–H groups in total. The van der Waals surface area contributed by atoms with Gasteiger partial charge in [0.25, 0.3) is 5.91 Å². The number of aliphatic hydroxyl groups is 1. The van der Waals surface area contributed by atoms with E-state index in [4.69, 9.17) is 0 Å². The van der Waals surface area contributed by atoms with Crippen LogP contribution < -0.4 is 5.32 Å². The Morgan fingerprint density at radius 3 is 2.45 bits per heavy atom. The lowest BCUT2D eigenvalue weighted by molar-refractivity contribution is -0.133. The second-order valence-electron chi connectivity index (χ2n) is 10.8. The van der Waals surface area contributed by atoms with Gasteiger partial charge in [-0.15, -0.1) is 0 Å². The van der Waals surface area contributed by atoms with Crippen molar-refractivity contribution in [2.75, 3.05) is 5.32 Å². The molecule has 0 saturated heterocycles. The van der Waals surface area contributed by atoms with Crippen molar-refractivity contribution < 1.29 is 24.2 Å². The number of nitrogens with one attached hydrogen (secondary N) is 1. The largest absolute Gasteiger partial charge is 0.508 e. The summed E-state index contributed by atoms with van der Waals surface area (Å²) in [5.74, 6) is 0.151. The number of rotatable bonds is 4. The van der Waals surface area contributed by atoms with E-state index >= 15 is 0 Å². The van der Waals surface area contributed by atoms with Crippen LogP contribution in [0.4, 0.5) is 10.1 Å². The molecule has 0 aromatic heterocycles. The van der Waals surface area contributed by atoms with Crippen LogP contribution in [0.5, 0.6) is 5.75 Å². The van der Waals surface area contributed by atoms with Crippen LogP contribution in [-0.2, 0) is 15.8 Å². The van der Waals surface area contributed by atoms with E-state index in [1.54, 1.807) is 12.1 Å². The molecule has 2 fully saturated rings. The monoisotopic (exact) mass is 451 g/mol. The predicted molar refractivity (Wildman–Crippen MR) is 123 cm³/mol. The number of halogens is 1. The first-order chi connectivity index (χ1) is 15.6. The van der Waals surface area contributed by atoms with Crippen LogP contribution in [0.2, 0.25) is 0 Å². The Labute approximate surface area is 193 Å². The fourth-order valence-electron chi connectivity index (χ4n) is 6.99. The second kappa shape index (κ2) is 7.66. The minimum atomic E-state index is -2.13. The number of carbonyl (C=O) groups excluding carboxylic acids is 2. The van der Waals surface area contributed by atoms with E-state index in [0.717, 1.165) is 30.9 Å². The number of fused-ring (bicyclic) bond motifs is 3. The summed E-state index contributed by atoms with van der Waals surface area (Å²) in [6.07, 6.45) is 4.84. The number of Topliss-reactive ketones (excluding diaryl/α,β-unsaturated/α-hetero) is 1. The lowest BCUT2D eigenvalue weighted by Crippen LogP contribution is -2.42. The van der Waals surface area contributed by atoms with Crippen LogP contribution in [0, 0.1) is 23.6 Å². The van der Waals surface area contributed by atoms with E-state index in [1.165, 1.54) is 31.0 Å². The van der Waals surface area contributed by atoms with Gasteiger partial charge in [-0.1, -0.05) is 13.8 Å². The molecule has 2 saturated carbocycles. The van der Waals surface area contributed by atoms with Gasteiger partial charge in [-0.2, -0.15) is 0 Å². The van der Waals surface area contributed by atoms with E-state index < -0.39 is 29.5 Å². The molecule has 174 valence electrons. The van der Waals surface area contributed by atoms with Crippen LogP contribution in [0.25, 0.3) is 0 Å². The third-order valence-electron chi connectivity index (χ3n) is 7.99. The van der Waals surface area contributed by atoms with Crippen LogP contribution in [-0.4, -0.2) is 21.9 Å². The summed E-state index contributed by atoms with van der Waals surface area (Å²) >= 11 is 0. The molecule has 3 unspecified atom stereocenters. The summed E-state index contributed by atoms with van der Waals surface area (Å²) in [5.41, 5.74) is -0.780. The molecule has 3 atom stereocenters. The van der Waals surface area contributed by atoms with E-state index in [0.29, 0.717) is 29.0 Å². The van der Waals surface area contributed by atoms with Crippen LogP contribution in [0.1, 0.15) is 73.9 Å². The van der Waals surface area contributed by atoms with Gasteiger partial charge in [-0.25, -0.2) is 4.39 Å². The van der Waals surface area contributed by atoms with Crippen molar-refractivity contribution in [3.63, 3.8) is 0 Å². The summed E-state index contributed by atoms with van der Waals surface area (Å²) in [6, 6.07) is 8.52. The van der Waals surface area contributed by atoms with E-state index in [-0.39, 0.29) is 16.7 Å². The van der Waals surface area contributed by atoms with Gasteiger partial charge in [0.2, 0.25) is 0 Å². The molecule has 1 aliphatic heterocycles. The minimum absolute atomic E-state index is 0.0727. The maximum Gasteiger partial charge on any atom is 0.261 e. The summed E-state index contributed by atoms with van der Waals surface area (Å²) in [7, 11) is 0. The molecule has 3 aliphatic rings. The van der Waals surface area contributed by atoms with Gasteiger partial charge < -0.3 is 15.5 Å². The molecule has 1 amide bonds. The maximum absolute atomic E-state index is 13.8. The molecule has 5 nitrogen and oxygen atoms in total. The number of phenolic OH excluding ortho intramolecular Hbond substituents is 1. The van der Waals surface area contributed by atoms with Gasteiger partial charge in [0.15, 0.2) is 11.4 Å². The van der Waals surface area contributed by atoms with Gasteiger partial charge in [0.1, 0.15) is 11.6 Å². The summed E-state index contributed by atoms with van der Waals surface area (Å²) < 4.78 is 13.8. The van der Waals surface area contributed by atoms with Crippen molar-refractivity contribution in [1.29, 1.82) is 0 Å². The molecule has 0 radical (unpaired) electrons. The van der Waals surface area contributed by atoms with Gasteiger partial charge in [0.05, 0.1) is 6.42 Å². The quantitative estimate of drug-likeness (QED) is 0.568. The highest BCUT2D eigenvalue weighted by atomic mass is 19.1. The molecule has 2 aliphatic carbocycles. The fourth-order valence-corrected chi connectivity index (χ4v) is 6.99. The first-order valence-corrected chi connectivity index (χ1v) is 11.8. The van der Waals surface area contributed by atoms with Crippen molar-refractivity contribution in [3.05, 3.63) is 58.9 Å². The highest BCUT2D eigenvalue weighted by Gasteiger charge is 2.48. The number of amides is 1. The highest BCUT2D eigenvalue weighted by Crippen LogP contribution is 2.55. The number of hydrogen-bond acceptors (Lipinski definition) is 4. The van der Waals surface area contributed by atoms with Crippen molar-refractivity contribution >= 4 is 17.4 Å². The zero-order chi connectivity index (χ0) is 23.5. The highest BCUT2D eigenvalue weighted by molar-refractivity contribution is 6.09. The number of anilines is 1. The van der Waals surface area contributed by atoms with E-state index in [1.807, 2.05) is 0 Å². The maximum atomic E-state index is 13.8. The van der Waals surface area contributed by atoms with Gasteiger partial charge in [-0.3, -0.25) is 9.59 Å². The SMILES string of the molecule is CC1CC2CC(C)CC(c3cc(C(=O)CC4(O)C(=O)Nc5ccc(F)cc54)ccc3O)(C1)C2. The number of aromatic hydroxyl groups is 1. The number of ketones is 1. The molecule has 2 aromatic carbocycles. The van der Waals surface area contributed by atoms with Crippen molar-refractivity contribution in [3.8, 4) is 5.75 Å². The van der Waals surface area contributed by atoms with Crippen LogP contribution in [0.3, 0.4) is 0 Å². The van der Waals surface area contributed by atoms with Crippen LogP contribution >= 0.6 is 0 Å². The number of carbonyl (C=O) groups is 2. The average molecular weight is 452 g/mol. The molecular formula is C27H30FNO4. The van der Waals surface area contributed by atoms with Crippen molar-refractivity contribution in [2.24, 2.45) is 17.8 Å². The smallest absolute Gasteiger partial charge is 0.261 e. The molecule has 5 rings (SSSR count). The summed E-state index contributed by atoms with van der Waals surface area (Å²) in [6.45, 7) is 4.52. The third-order valence-corrected chi connectivity index (χ3v) is 7.99. The molecule has 33 heavy (non-hydrogen) atoms. The predicted octanol–water partition coefficient (Wildman–Crippen LogP) is 5.05. The standard InChI is InChI=1S/C27H30FNO4/c1-15-7-17-8-16(2)12-26(11-15,13-17)21-9-18(3-6-23(21)30)24(31)14-27(33)20-10-19(28)4-5-22(20)29-25(27)32/h3-6,9-10,15-17,30,33H,7-8,11-14H2,1-2H3,(H,29,32). The third kappa shape index (κ3) is 3.65. The Balaban J connectivity index is 1.48. The second-order valence-corrected chi connectivity index (χ2v) is 10.8. The molecule has 6 heteroatoms. The minimum Gasteiger partial charge on any atom is -0.508 e. The van der Waals surface area contributed by atoms with Crippen molar-refractivity contribution in [2.45, 2.75) is 63.4 Å². The number of benzene rings is 2. The molecular weight excluding hydrogens is 421 g/mol. The van der Waals surface area contributed by atoms with Crippen molar-refractivity contribution in [1.82, 2.24) is 0 Å². The molecule has 2 bridgehead atoms. The lowest BCUT2D eigenvalue weighted by atomic mass is 9.54. The topological polar surface area (TPSA) is 86.6 Å². The van der Waals surface area contributed by atoms with E-state index in [2.05, 4.69) is 19.2 Å². The summed E-state index contributed by atoms with van der Waals surface area (Å²) in [4.78, 5) is 25.8. The van der Waals surface area contributed by atoms with Crippen LogP contribution in [0.15, 0.2) is 36.4 Å². The lowest BCUT2D eigenvalue weighted by Gasteiger charge is -2.50. The summed E-state index contributed by atoms with van der Waals surface area (Å²) in [5, 5.41) is 24.5. The number of phenols is 1. The fraction of sp³-hybridized carbons (Fsp3) is 0.481. The Kier molecular flexibility index (Phi) is 5.12. The Morgan fingerprint density at radius 2 is 1.76 bits per heavy atom. The first-order valence-electron chi connectivity index (χ1n) is 11.8. The molecule has 2 aromatic rings. The first kappa shape index (κ1) is 22.1.